The van der Waals surface area contributed by atoms with E-state index in [0.717, 1.165) is 36.9 Å². The minimum absolute atomic E-state index is 0.178. The summed E-state index contributed by atoms with van der Waals surface area (Å²) in [7, 11) is 0. The molecule has 1 aromatic carbocycles. The fourth-order valence-corrected chi connectivity index (χ4v) is 4.82. The molecule has 1 aromatic rings. The van der Waals surface area contributed by atoms with Gasteiger partial charge in [0.2, 0.25) is 0 Å². The zero-order valence-corrected chi connectivity index (χ0v) is 15.5. The molecule has 0 aliphatic carbocycles. The molecule has 1 amide bonds. The van der Waals surface area contributed by atoms with Gasteiger partial charge in [-0.3, -0.25) is 0 Å². The smallest absolute Gasteiger partial charge is 0.410 e. The van der Waals surface area contributed by atoms with Gasteiger partial charge in [0, 0.05) is 41.8 Å². The highest BCUT2D eigenvalue weighted by Crippen LogP contribution is 2.50. The molecule has 5 heteroatoms. The summed E-state index contributed by atoms with van der Waals surface area (Å²) in [6.45, 7) is 8.44. The van der Waals surface area contributed by atoms with Gasteiger partial charge in [-0.25, -0.2) is 4.79 Å². The molecule has 0 aromatic heterocycles. The summed E-state index contributed by atoms with van der Waals surface area (Å²) in [4.78, 5) is 16.9. The van der Waals surface area contributed by atoms with Crippen LogP contribution in [-0.2, 0) is 11.2 Å². The van der Waals surface area contributed by atoms with Gasteiger partial charge in [-0.05, 0) is 56.9 Å². The van der Waals surface area contributed by atoms with Crippen molar-refractivity contribution in [2.75, 3.05) is 24.5 Å². The van der Waals surface area contributed by atoms with Gasteiger partial charge in [-0.1, -0.05) is 15.9 Å². The van der Waals surface area contributed by atoms with Gasteiger partial charge in [0.15, 0.2) is 0 Å². The molecule has 2 atom stereocenters. The first-order valence-electron chi connectivity index (χ1n) is 8.40. The molecule has 0 saturated carbocycles. The first-order valence-corrected chi connectivity index (χ1v) is 9.20. The molecular formula is C18H23BrN2O2. The van der Waals surface area contributed by atoms with Gasteiger partial charge in [0.25, 0.3) is 0 Å². The third-order valence-corrected chi connectivity index (χ3v) is 5.58. The molecule has 4 rings (SSSR count). The average molecular weight is 379 g/mol. The van der Waals surface area contributed by atoms with Gasteiger partial charge in [-0.15, -0.1) is 0 Å². The van der Waals surface area contributed by atoms with Gasteiger partial charge in [0.1, 0.15) is 5.60 Å². The predicted molar refractivity (Wildman–Crippen MR) is 94.1 cm³/mol. The van der Waals surface area contributed by atoms with Crippen molar-refractivity contribution in [1.29, 1.82) is 0 Å². The SMILES string of the molecule is CC(C)(C)OC(=O)N1CC[C@H]2C(C1)c1cc(Br)cc3c1N2CC3. The van der Waals surface area contributed by atoms with Crippen LogP contribution in [0, 0.1) is 0 Å². The quantitative estimate of drug-likeness (QED) is 0.685. The zero-order valence-electron chi connectivity index (χ0n) is 13.9. The molecular weight excluding hydrogens is 356 g/mol. The van der Waals surface area contributed by atoms with Gasteiger partial charge in [0.05, 0.1) is 0 Å². The largest absolute Gasteiger partial charge is 0.444 e. The number of amides is 1. The molecule has 23 heavy (non-hydrogen) atoms. The van der Waals surface area contributed by atoms with Crippen LogP contribution in [0.25, 0.3) is 0 Å². The number of hydrogen-bond acceptors (Lipinski definition) is 3. The number of carbonyl (C=O) groups excluding carboxylic acids is 1. The minimum atomic E-state index is -0.435. The third kappa shape index (κ3) is 2.53. The number of ether oxygens (including phenoxy) is 1. The van der Waals surface area contributed by atoms with Crippen LogP contribution in [0.2, 0.25) is 0 Å². The molecule has 1 unspecified atom stereocenters. The van der Waals surface area contributed by atoms with E-state index in [9.17, 15) is 4.79 Å². The summed E-state index contributed by atoms with van der Waals surface area (Å²) < 4.78 is 6.72. The van der Waals surface area contributed by atoms with Crippen molar-refractivity contribution in [2.24, 2.45) is 0 Å². The van der Waals surface area contributed by atoms with Gasteiger partial charge >= 0.3 is 6.09 Å². The molecule has 1 fully saturated rings. The maximum atomic E-state index is 12.4. The number of fused-ring (bicyclic) bond motifs is 3. The Morgan fingerprint density at radius 1 is 1.30 bits per heavy atom. The maximum absolute atomic E-state index is 12.4. The zero-order chi connectivity index (χ0) is 16.4. The molecule has 1 saturated heterocycles. The summed E-state index contributed by atoms with van der Waals surface area (Å²) in [6, 6.07) is 5.04. The van der Waals surface area contributed by atoms with E-state index in [0.29, 0.717) is 12.0 Å². The van der Waals surface area contributed by atoms with Gasteiger partial charge < -0.3 is 14.5 Å². The van der Waals surface area contributed by atoms with Crippen LogP contribution in [0.5, 0.6) is 0 Å². The number of benzene rings is 1. The van der Waals surface area contributed by atoms with Crippen LogP contribution < -0.4 is 4.90 Å². The summed E-state index contributed by atoms with van der Waals surface area (Å²) >= 11 is 3.65. The second-order valence-corrected chi connectivity index (χ2v) is 8.75. The number of anilines is 1. The Bertz CT molecular complexity index is 668. The normalized spacial score (nSPS) is 25.4. The summed E-state index contributed by atoms with van der Waals surface area (Å²) in [5, 5.41) is 0. The monoisotopic (exact) mass is 378 g/mol. The Kier molecular flexibility index (Phi) is 3.42. The van der Waals surface area contributed by atoms with E-state index in [4.69, 9.17) is 4.74 Å². The molecule has 3 aliphatic rings. The lowest BCUT2D eigenvalue weighted by molar-refractivity contribution is 0.0189. The van der Waals surface area contributed by atoms with Crippen LogP contribution in [0.4, 0.5) is 10.5 Å². The van der Waals surface area contributed by atoms with Crippen molar-refractivity contribution in [3.05, 3.63) is 27.7 Å². The fraction of sp³-hybridized carbons (Fsp3) is 0.611. The van der Waals surface area contributed by atoms with E-state index in [1.54, 1.807) is 0 Å². The summed E-state index contributed by atoms with van der Waals surface area (Å²) in [6.07, 6.45) is 1.99. The van der Waals surface area contributed by atoms with Gasteiger partial charge in [-0.2, -0.15) is 0 Å². The second kappa shape index (κ2) is 5.13. The molecule has 0 radical (unpaired) electrons. The Balaban J connectivity index is 1.60. The highest BCUT2D eigenvalue weighted by molar-refractivity contribution is 9.10. The summed E-state index contributed by atoms with van der Waals surface area (Å²) in [5.41, 5.74) is 3.86. The summed E-state index contributed by atoms with van der Waals surface area (Å²) in [5.74, 6) is 0.405. The van der Waals surface area contributed by atoms with E-state index in [1.807, 2.05) is 25.7 Å². The maximum Gasteiger partial charge on any atom is 0.410 e. The first kappa shape index (κ1) is 15.3. The van der Waals surface area contributed by atoms with Crippen LogP contribution in [-0.4, -0.2) is 42.3 Å². The Hall–Kier alpha value is -1.23. The number of halogens is 1. The topological polar surface area (TPSA) is 32.8 Å². The lowest BCUT2D eigenvalue weighted by Gasteiger charge is -2.38. The molecule has 0 N–H and O–H groups in total. The Morgan fingerprint density at radius 3 is 2.83 bits per heavy atom. The highest BCUT2D eigenvalue weighted by Gasteiger charge is 2.46. The number of nitrogens with zero attached hydrogens (tertiary/aromatic N) is 2. The average Bonchev–Trinajstić information content (AvgIpc) is 3.00. The second-order valence-electron chi connectivity index (χ2n) is 7.84. The molecule has 0 bridgehead atoms. The number of likely N-dealkylation sites (tertiary alicyclic amines) is 1. The molecule has 3 heterocycles. The fourth-order valence-electron chi connectivity index (χ4n) is 4.30. The van der Waals surface area contributed by atoms with Crippen LogP contribution in [0.15, 0.2) is 16.6 Å². The van der Waals surface area contributed by atoms with E-state index >= 15 is 0 Å². The number of hydrogen-bond donors (Lipinski definition) is 0. The van der Waals surface area contributed by atoms with Crippen LogP contribution in [0.3, 0.4) is 0 Å². The number of rotatable bonds is 0. The molecule has 3 aliphatic heterocycles. The highest BCUT2D eigenvalue weighted by atomic mass is 79.9. The molecule has 0 spiro atoms. The van der Waals surface area contributed by atoms with Crippen molar-refractivity contribution in [3.8, 4) is 0 Å². The Labute approximate surface area is 145 Å². The van der Waals surface area contributed by atoms with Crippen molar-refractivity contribution >= 4 is 27.7 Å². The number of piperidine rings is 1. The third-order valence-electron chi connectivity index (χ3n) is 5.12. The van der Waals surface area contributed by atoms with Crippen molar-refractivity contribution in [2.45, 2.75) is 51.2 Å². The standard InChI is InChI=1S/C18H23BrN2O2/c1-18(2,3)23-17(22)20-6-5-15-14(10-20)13-9-12(19)8-11-4-7-21(15)16(11)13/h8-9,14-15H,4-7,10H2,1-3H3/t14?,15-/m0/s1. The Morgan fingerprint density at radius 2 is 2.09 bits per heavy atom. The minimum Gasteiger partial charge on any atom is -0.444 e. The van der Waals surface area contributed by atoms with E-state index in [-0.39, 0.29) is 6.09 Å². The molecule has 4 nitrogen and oxygen atoms in total. The lowest BCUT2D eigenvalue weighted by Crippen LogP contribution is -2.49. The van der Waals surface area contributed by atoms with Crippen LogP contribution in [0.1, 0.15) is 44.2 Å². The van der Waals surface area contributed by atoms with E-state index in [1.165, 1.54) is 16.8 Å². The van der Waals surface area contributed by atoms with Crippen molar-refractivity contribution < 1.29 is 9.53 Å². The van der Waals surface area contributed by atoms with Crippen molar-refractivity contribution in [1.82, 2.24) is 4.90 Å². The van der Waals surface area contributed by atoms with Crippen molar-refractivity contribution in [3.63, 3.8) is 0 Å². The first-order chi connectivity index (χ1) is 10.8. The van der Waals surface area contributed by atoms with Crippen LogP contribution >= 0.6 is 15.9 Å². The lowest BCUT2D eigenvalue weighted by atomic mass is 9.88. The van der Waals surface area contributed by atoms with E-state index in [2.05, 4.69) is 33.0 Å². The van der Waals surface area contributed by atoms with E-state index < -0.39 is 5.60 Å². The predicted octanol–water partition coefficient (Wildman–Crippen LogP) is 3.92. The number of carbonyl (C=O) groups is 1. The molecule has 124 valence electrons.